The van der Waals surface area contributed by atoms with E-state index in [9.17, 15) is 4.39 Å². The van der Waals surface area contributed by atoms with E-state index in [2.05, 4.69) is 22.2 Å². The highest BCUT2D eigenvalue weighted by atomic mass is 19.1. The monoisotopic (exact) mass is 234 g/mol. The minimum absolute atomic E-state index is 0.317. The van der Waals surface area contributed by atoms with Crippen LogP contribution in [0.1, 0.15) is 18.9 Å². The Hall–Kier alpha value is -1.75. The van der Waals surface area contributed by atoms with Gasteiger partial charge in [0.05, 0.1) is 6.20 Å². The van der Waals surface area contributed by atoms with Gasteiger partial charge in [-0.05, 0) is 19.0 Å². The molecule has 0 saturated heterocycles. The van der Waals surface area contributed by atoms with Crippen molar-refractivity contribution in [3.05, 3.63) is 42.4 Å². The molecule has 0 atom stereocenters. The molecule has 2 aromatic rings. The summed E-state index contributed by atoms with van der Waals surface area (Å²) >= 11 is 0. The fraction of sp³-hybridized carbons (Fsp3) is 0.333. The lowest BCUT2D eigenvalue weighted by atomic mass is 10.2. The third-order valence-corrected chi connectivity index (χ3v) is 2.40. The van der Waals surface area contributed by atoms with E-state index in [1.165, 1.54) is 12.3 Å². The number of nitrogens with zero attached hydrogens (tertiary/aromatic N) is 3. The molecule has 0 spiro atoms. The molecule has 0 aromatic carbocycles. The predicted molar refractivity (Wildman–Crippen MR) is 63.3 cm³/mol. The van der Waals surface area contributed by atoms with Crippen molar-refractivity contribution < 1.29 is 4.39 Å². The van der Waals surface area contributed by atoms with Crippen LogP contribution < -0.4 is 5.32 Å². The third-order valence-electron chi connectivity index (χ3n) is 2.40. The maximum Gasteiger partial charge on any atom is 0.142 e. The molecule has 0 bridgehead atoms. The number of imidazole rings is 1. The zero-order chi connectivity index (χ0) is 12.1. The molecule has 0 saturated carbocycles. The van der Waals surface area contributed by atoms with Gasteiger partial charge in [0, 0.05) is 24.5 Å². The number of rotatable bonds is 5. The maximum atomic E-state index is 13.2. The molecule has 17 heavy (non-hydrogen) atoms. The summed E-state index contributed by atoms with van der Waals surface area (Å²) in [6.07, 6.45) is 7.39. The molecule has 2 aromatic heterocycles. The van der Waals surface area contributed by atoms with E-state index in [1.54, 1.807) is 23.3 Å². The maximum absolute atomic E-state index is 13.2. The first-order valence-electron chi connectivity index (χ1n) is 5.64. The summed E-state index contributed by atoms with van der Waals surface area (Å²) in [5.41, 5.74) is 0.830. The van der Waals surface area contributed by atoms with Crippen LogP contribution >= 0.6 is 0 Å². The zero-order valence-electron chi connectivity index (χ0n) is 9.73. The molecular weight excluding hydrogens is 219 g/mol. The minimum Gasteiger partial charge on any atom is -0.313 e. The van der Waals surface area contributed by atoms with Gasteiger partial charge < -0.3 is 5.32 Å². The lowest BCUT2D eigenvalue weighted by Crippen LogP contribution is -2.16. The Morgan fingerprint density at radius 3 is 3.06 bits per heavy atom. The van der Waals surface area contributed by atoms with Crippen LogP contribution in [0.15, 0.2) is 31.0 Å². The summed E-state index contributed by atoms with van der Waals surface area (Å²) in [4.78, 5) is 8.07. The number of hydrogen-bond donors (Lipinski definition) is 1. The molecule has 90 valence electrons. The van der Waals surface area contributed by atoms with Crippen LogP contribution in [0.3, 0.4) is 0 Å². The average molecular weight is 234 g/mol. The van der Waals surface area contributed by atoms with Crippen molar-refractivity contribution in [2.24, 2.45) is 0 Å². The number of hydrogen-bond acceptors (Lipinski definition) is 3. The van der Waals surface area contributed by atoms with Crippen LogP contribution in [0.2, 0.25) is 0 Å². The number of nitrogens with one attached hydrogen (secondary N) is 1. The van der Waals surface area contributed by atoms with Crippen molar-refractivity contribution in [1.29, 1.82) is 0 Å². The fourth-order valence-corrected chi connectivity index (χ4v) is 1.62. The van der Waals surface area contributed by atoms with E-state index in [-0.39, 0.29) is 5.82 Å². The summed E-state index contributed by atoms with van der Waals surface area (Å²) < 4.78 is 15.0. The fourth-order valence-electron chi connectivity index (χ4n) is 1.62. The number of halogens is 1. The van der Waals surface area contributed by atoms with Gasteiger partial charge in [-0.15, -0.1) is 0 Å². The summed E-state index contributed by atoms with van der Waals surface area (Å²) in [6.45, 7) is 3.60. The van der Waals surface area contributed by atoms with Gasteiger partial charge in [0.1, 0.15) is 18.0 Å². The zero-order valence-corrected chi connectivity index (χ0v) is 9.73. The van der Waals surface area contributed by atoms with Crippen molar-refractivity contribution in [2.45, 2.75) is 19.9 Å². The van der Waals surface area contributed by atoms with Gasteiger partial charge in [-0.1, -0.05) is 6.92 Å². The first-order chi connectivity index (χ1) is 8.31. The van der Waals surface area contributed by atoms with E-state index in [1.807, 2.05) is 0 Å². The van der Waals surface area contributed by atoms with E-state index < -0.39 is 0 Å². The molecule has 5 heteroatoms. The van der Waals surface area contributed by atoms with Crippen molar-refractivity contribution in [2.75, 3.05) is 6.54 Å². The van der Waals surface area contributed by atoms with Crippen molar-refractivity contribution >= 4 is 0 Å². The lowest BCUT2D eigenvalue weighted by molar-refractivity contribution is 0.609. The number of aromatic nitrogens is 3. The molecule has 0 aliphatic carbocycles. The third kappa shape index (κ3) is 2.88. The van der Waals surface area contributed by atoms with E-state index in [0.717, 1.165) is 18.5 Å². The van der Waals surface area contributed by atoms with Crippen LogP contribution in [-0.2, 0) is 6.54 Å². The van der Waals surface area contributed by atoms with Crippen LogP contribution in [0.25, 0.3) is 5.82 Å². The van der Waals surface area contributed by atoms with E-state index >= 15 is 0 Å². The Labute approximate surface area is 99.5 Å². The largest absolute Gasteiger partial charge is 0.313 e. The minimum atomic E-state index is -0.317. The number of pyridine rings is 1. The molecule has 0 amide bonds. The first kappa shape index (κ1) is 11.7. The Morgan fingerprint density at radius 1 is 1.47 bits per heavy atom. The van der Waals surface area contributed by atoms with E-state index in [0.29, 0.717) is 12.4 Å². The van der Waals surface area contributed by atoms with Crippen molar-refractivity contribution in [1.82, 2.24) is 19.9 Å². The van der Waals surface area contributed by atoms with Crippen LogP contribution in [0, 0.1) is 5.82 Å². The van der Waals surface area contributed by atoms with Gasteiger partial charge in [-0.2, -0.15) is 0 Å². The smallest absolute Gasteiger partial charge is 0.142 e. The van der Waals surface area contributed by atoms with E-state index in [4.69, 9.17) is 0 Å². The first-order valence-corrected chi connectivity index (χ1v) is 5.64. The van der Waals surface area contributed by atoms with Gasteiger partial charge in [0.2, 0.25) is 0 Å². The van der Waals surface area contributed by atoms with Crippen LogP contribution in [0.4, 0.5) is 4.39 Å². The molecule has 0 aliphatic rings. The highest BCUT2D eigenvalue weighted by molar-refractivity contribution is 5.33. The quantitative estimate of drug-likeness (QED) is 0.803. The Kier molecular flexibility index (Phi) is 3.82. The topological polar surface area (TPSA) is 42.7 Å². The summed E-state index contributed by atoms with van der Waals surface area (Å²) in [5, 5.41) is 3.24. The summed E-state index contributed by atoms with van der Waals surface area (Å²) in [7, 11) is 0. The van der Waals surface area contributed by atoms with Gasteiger partial charge in [-0.3, -0.25) is 4.57 Å². The standard InChI is InChI=1S/C12H15FN4/c1-2-3-14-7-10-6-11(13)8-16-12(10)17-5-4-15-9-17/h4-6,8-9,14H,2-3,7H2,1H3. The Balaban J connectivity index is 2.25. The Morgan fingerprint density at radius 2 is 2.35 bits per heavy atom. The molecule has 0 fully saturated rings. The average Bonchev–Trinajstić information content (AvgIpc) is 2.83. The summed E-state index contributed by atoms with van der Waals surface area (Å²) in [6, 6.07) is 1.50. The highest BCUT2D eigenvalue weighted by Crippen LogP contribution is 2.12. The van der Waals surface area contributed by atoms with Gasteiger partial charge >= 0.3 is 0 Å². The highest BCUT2D eigenvalue weighted by Gasteiger charge is 2.07. The van der Waals surface area contributed by atoms with Crippen molar-refractivity contribution in [3.8, 4) is 5.82 Å². The molecular formula is C12H15FN4. The van der Waals surface area contributed by atoms with Gasteiger partial charge in [-0.25, -0.2) is 14.4 Å². The molecule has 0 radical (unpaired) electrons. The summed E-state index contributed by atoms with van der Waals surface area (Å²) in [5.74, 6) is 0.398. The SMILES string of the molecule is CCCNCc1cc(F)cnc1-n1ccnc1. The molecule has 0 aliphatic heterocycles. The second-order valence-corrected chi connectivity index (χ2v) is 3.78. The van der Waals surface area contributed by atoms with Crippen LogP contribution in [0.5, 0.6) is 0 Å². The second kappa shape index (κ2) is 5.54. The molecule has 0 unspecified atom stereocenters. The molecule has 1 N–H and O–H groups in total. The lowest BCUT2D eigenvalue weighted by Gasteiger charge is -2.09. The van der Waals surface area contributed by atoms with Gasteiger partial charge in [0.25, 0.3) is 0 Å². The molecule has 4 nitrogen and oxygen atoms in total. The van der Waals surface area contributed by atoms with Gasteiger partial charge in [0.15, 0.2) is 0 Å². The van der Waals surface area contributed by atoms with Crippen LogP contribution in [-0.4, -0.2) is 21.1 Å². The molecule has 2 heterocycles. The van der Waals surface area contributed by atoms with Crippen molar-refractivity contribution in [3.63, 3.8) is 0 Å². The predicted octanol–water partition coefficient (Wildman–Crippen LogP) is 1.91. The molecule has 2 rings (SSSR count). The second-order valence-electron chi connectivity index (χ2n) is 3.78. The normalized spacial score (nSPS) is 10.7. The Bertz CT molecular complexity index is 467.